The summed E-state index contributed by atoms with van der Waals surface area (Å²) in [6.45, 7) is 2.04. The molecular formula is C14H16FN3OS2. The van der Waals surface area contributed by atoms with E-state index in [2.05, 4.69) is 15.5 Å². The van der Waals surface area contributed by atoms with Crippen LogP contribution in [0.4, 0.5) is 9.52 Å². The van der Waals surface area contributed by atoms with E-state index in [4.69, 9.17) is 0 Å². The molecule has 0 saturated heterocycles. The van der Waals surface area contributed by atoms with Crippen molar-refractivity contribution >= 4 is 34.1 Å². The maximum atomic E-state index is 13.5. The van der Waals surface area contributed by atoms with Crippen LogP contribution in [0.5, 0.6) is 0 Å². The number of carbonyl (C=O) groups excluding carboxylic acids is 1. The van der Waals surface area contributed by atoms with Gasteiger partial charge in [0, 0.05) is 12.2 Å². The SMILES string of the molecule is CCCCC(=O)Nc1nnc(SCc2ccccc2F)s1. The van der Waals surface area contributed by atoms with Crippen LogP contribution in [0.3, 0.4) is 0 Å². The minimum absolute atomic E-state index is 0.0429. The Balaban J connectivity index is 1.86. The Labute approximate surface area is 131 Å². The lowest BCUT2D eigenvalue weighted by Crippen LogP contribution is -2.10. The molecule has 112 valence electrons. The van der Waals surface area contributed by atoms with Crippen LogP contribution in [-0.2, 0) is 10.5 Å². The van der Waals surface area contributed by atoms with Gasteiger partial charge in [-0.15, -0.1) is 10.2 Å². The van der Waals surface area contributed by atoms with Crippen LogP contribution in [-0.4, -0.2) is 16.1 Å². The molecular weight excluding hydrogens is 309 g/mol. The van der Waals surface area contributed by atoms with Crippen molar-refractivity contribution in [1.82, 2.24) is 10.2 Å². The number of benzene rings is 1. The average molecular weight is 325 g/mol. The number of aromatic nitrogens is 2. The topological polar surface area (TPSA) is 54.9 Å². The molecule has 1 amide bonds. The first-order valence-electron chi connectivity index (χ1n) is 6.68. The molecule has 2 rings (SSSR count). The number of carbonyl (C=O) groups is 1. The van der Waals surface area contributed by atoms with Crippen molar-refractivity contribution in [3.05, 3.63) is 35.6 Å². The lowest BCUT2D eigenvalue weighted by Gasteiger charge is -2.00. The smallest absolute Gasteiger partial charge is 0.226 e. The van der Waals surface area contributed by atoms with Gasteiger partial charge in [0.2, 0.25) is 11.0 Å². The molecule has 21 heavy (non-hydrogen) atoms. The van der Waals surface area contributed by atoms with Crippen LogP contribution in [0.2, 0.25) is 0 Å². The molecule has 0 aliphatic heterocycles. The van der Waals surface area contributed by atoms with Gasteiger partial charge in [0.05, 0.1) is 0 Å². The van der Waals surface area contributed by atoms with Crippen molar-refractivity contribution in [2.45, 2.75) is 36.3 Å². The van der Waals surface area contributed by atoms with E-state index in [1.54, 1.807) is 18.2 Å². The van der Waals surface area contributed by atoms with Crippen LogP contribution in [0.25, 0.3) is 0 Å². The second-order valence-electron chi connectivity index (χ2n) is 4.40. The Kier molecular flexibility index (Phi) is 6.13. The van der Waals surface area contributed by atoms with Gasteiger partial charge in [-0.05, 0) is 18.1 Å². The molecule has 0 bridgehead atoms. The third kappa shape index (κ3) is 5.09. The van der Waals surface area contributed by atoms with Crippen molar-refractivity contribution in [3.63, 3.8) is 0 Å². The number of hydrogen-bond acceptors (Lipinski definition) is 5. The van der Waals surface area contributed by atoms with E-state index in [1.165, 1.54) is 29.2 Å². The normalized spacial score (nSPS) is 10.6. The first-order valence-corrected chi connectivity index (χ1v) is 8.49. The number of hydrogen-bond donors (Lipinski definition) is 1. The quantitative estimate of drug-likeness (QED) is 0.615. The fourth-order valence-corrected chi connectivity index (χ4v) is 3.35. The van der Waals surface area contributed by atoms with Crippen molar-refractivity contribution in [1.29, 1.82) is 0 Å². The third-order valence-electron chi connectivity index (χ3n) is 2.72. The van der Waals surface area contributed by atoms with Gasteiger partial charge in [-0.2, -0.15) is 0 Å². The van der Waals surface area contributed by atoms with Crippen molar-refractivity contribution in [3.8, 4) is 0 Å². The van der Waals surface area contributed by atoms with Gasteiger partial charge >= 0.3 is 0 Å². The maximum absolute atomic E-state index is 13.5. The molecule has 0 fully saturated rings. The molecule has 0 radical (unpaired) electrons. The van der Waals surface area contributed by atoms with Crippen LogP contribution in [0.15, 0.2) is 28.6 Å². The van der Waals surface area contributed by atoms with Gasteiger partial charge in [0.1, 0.15) is 5.82 Å². The zero-order valence-corrected chi connectivity index (χ0v) is 13.3. The monoisotopic (exact) mass is 325 g/mol. The number of nitrogens with one attached hydrogen (secondary N) is 1. The summed E-state index contributed by atoms with van der Waals surface area (Å²) in [6.07, 6.45) is 2.33. The second kappa shape index (κ2) is 8.09. The van der Waals surface area contributed by atoms with Gasteiger partial charge in [0.25, 0.3) is 0 Å². The highest BCUT2D eigenvalue weighted by Crippen LogP contribution is 2.29. The standard InChI is InChI=1S/C14H16FN3OS2/c1-2-3-8-12(19)16-13-17-18-14(21-13)20-9-10-6-4-5-7-11(10)15/h4-7H,2-3,8-9H2,1H3,(H,16,17,19). The lowest BCUT2D eigenvalue weighted by atomic mass is 10.2. The molecule has 0 saturated carbocycles. The molecule has 0 aliphatic rings. The number of rotatable bonds is 7. The zero-order chi connectivity index (χ0) is 15.1. The molecule has 1 aromatic heterocycles. The van der Waals surface area contributed by atoms with Crippen LogP contribution in [0, 0.1) is 5.82 Å². The van der Waals surface area contributed by atoms with Crippen molar-refractivity contribution in [2.24, 2.45) is 0 Å². The van der Waals surface area contributed by atoms with Crippen molar-refractivity contribution < 1.29 is 9.18 Å². The Bertz CT molecular complexity index is 603. The molecule has 4 nitrogen and oxygen atoms in total. The van der Waals surface area contributed by atoms with E-state index in [0.29, 0.717) is 27.2 Å². The van der Waals surface area contributed by atoms with E-state index in [-0.39, 0.29) is 11.7 Å². The van der Waals surface area contributed by atoms with E-state index >= 15 is 0 Å². The fraction of sp³-hybridized carbons (Fsp3) is 0.357. The Morgan fingerprint density at radius 2 is 2.19 bits per heavy atom. The highest BCUT2D eigenvalue weighted by atomic mass is 32.2. The highest BCUT2D eigenvalue weighted by Gasteiger charge is 2.09. The summed E-state index contributed by atoms with van der Waals surface area (Å²) in [5, 5.41) is 11.1. The predicted octanol–water partition coefficient (Wildman–Crippen LogP) is 4.10. The largest absolute Gasteiger partial charge is 0.301 e. The predicted molar refractivity (Wildman–Crippen MR) is 84.0 cm³/mol. The molecule has 0 atom stereocenters. The van der Waals surface area contributed by atoms with Gasteiger partial charge in [-0.25, -0.2) is 4.39 Å². The van der Waals surface area contributed by atoms with Crippen molar-refractivity contribution in [2.75, 3.05) is 5.32 Å². The molecule has 2 aromatic rings. The van der Waals surface area contributed by atoms with E-state index in [9.17, 15) is 9.18 Å². The van der Waals surface area contributed by atoms with Gasteiger partial charge in [-0.1, -0.05) is 54.6 Å². The number of anilines is 1. The first kappa shape index (κ1) is 15.9. The Morgan fingerprint density at radius 3 is 2.95 bits per heavy atom. The van der Waals surface area contributed by atoms with E-state index in [0.717, 1.165) is 12.8 Å². The molecule has 0 aliphatic carbocycles. The van der Waals surface area contributed by atoms with Gasteiger partial charge in [0.15, 0.2) is 4.34 Å². The minimum Gasteiger partial charge on any atom is -0.301 e. The van der Waals surface area contributed by atoms with Crippen LogP contribution >= 0.6 is 23.1 Å². The summed E-state index contributed by atoms with van der Waals surface area (Å²) < 4.78 is 14.2. The molecule has 1 N–H and O–H groups in total. The summed E-state index contributed by atoms with van der Waals surface area (Å²) >= 11 is 2.71. The van der Waals surface area contributed by atoms with E-state index < -0.39 is 0 Å². The summed E-state index contributed by atoms with van der Waals surface area (Å²) in [4.78, 5) is 11.6. The van der Waals surface area contributed by atoms with E-state index in [1.807, 2.05) is 6.92 Å². The molecule has 1 heterocycles. The number of amides is 1. The summed E-state index contributed by atoms with van der Waals surface area (Å²) in [7, 11) is 0. The summed E-state index contributed by atoms with van der Waals surface area (Å²) in [5.74, 6) is 0.228. The second-order valence-corrected chi connectivity index (χ2v) is 6.60. The molecule has 1 aromatic carbocycles. The number of halogens is 1. The zero-order valence-electron chi connectivity index (χ0n) is 11.6. The summed E-state index contributed by atoms with van der Waals surface area (Å²) in [6, 6.07) is 6.66. The highest BCUT2D eigenvalue weighted by molar-refractivity contribution is 8.00. The van der Waals surface area contributed by atoms with Crippen LogP contribution in [0.1, 0.15) is 31.7 Å². The number of nitrogens with zero attached hydrogens (tertiary/aromatic N) is 2. The molecule has 0 spiro atoms. The van der Waals surface area contributed by atoms with Crippen LogP contribution < -0.4 is 5.32 Å². The first-order chi connectivity index (χ1) is 10.2. The molecule has 7 heteroatoms. The van der Waals surface area contributed by atoms with Gasteiger partial charge in [-0.3, -0.25) is 4.79 Å². The number of thioether (sulfide) groups is 1. The fourth-order valence-electron chi connectivity index (χ4n) is 1.59. The Morgan fingerprint density at radius 1 is 1.38 bits per heavy atom. The van der Waals surface area contributed by atoms with Gasteiger partial charge < -0.3 is 5.32 Å². The molecule has 0 unspecified atom stereocenters. The summed E-state index contributed by atoms with van der Waals surface area (Å²) in [5.41, 5.74) is 0.631. The lowest BCUT2D eigenvalue weighted by molar-refractivity contribution is -0.116. The minimum atomic E-state index is -0.220. The average Bonchev–Trinajstić information content (AvgIpc) is 2.92. The third-order valence-corrected chi connectivity index (χ3v) is 4.74. The Hall–Kier alpha value is -1.47. The number of unbranched alkanes of at least 4 members (excludes halogenated alkanes) is 1. The maximum Gasteiger partial charge on any atom is 0.226 e.